The number of primary sulfonamides is 1. The zero-order valence-corrected chi connectivity index (χ0v) is 9.34. The minimum Gasteiger partial charge on any atom is -0.382 e. The summed E-state index contributed by atoms with van der Waals surface area (Å²) in [5.74, 6) is -0.0730. The van der Waals surface area contributed by atoms with Gasteiger partial charge < -0.3 is 14.8 Å². The molecule has 7 heteroatoms. The summed E-state index contributed by atoms with van der Waals surface area (Å²) in [5, 5.41) is 7.73. The average molecular weight is 226 g/mol. The fourth-order valence-electron chi connectivity index (χ4n) is 0.874. The molecule has 0 saturated carbocycles. The third-order valence-electron chi connectivity index (χ3n) is 1.62. The van der Waals surface area contributed by atoms with Crippen molar-refractivity contribution in [2.24, 2.45) is 5.14 Å². The number of methoxy groups -OCH3 is 2. The highest BCUT2D eigenvalue weighted by atomic mass is 32.2. The third kappa shape index (κ3) is 8.39. The highest BCUT2D eigenvalue weighted by Gasteiger charge is 2.07. The molecule has 0 bridgehead atoms. The van der Waals surface area contributed by atoms with Crippen molar-refractivity contribution in [2.75, 3.05) is 39.7 Å². The topological polar surface area (TPSA) is 90.6 Å². The van der Waals surface area contributed by atoms with Crippen LogP contribution in [0.1, 0.15) is 0 Å². The molecular weight excluding hydrogens is 208 g/mol. The molecule has 14 heavy (non-hydrogen) atoms. The van der Waals surface area contributed by atoms with Gasteiger partial charge in [0.05, 0.1) is 18.5 Å². The van der Waals surface area contributed by atoms with Crippen LogP contribution in [0.15, 0.2) is 0 Å². The lowest BCUT2D eigenvalue weighted by Crippen LogP contribution is -2.35. The second-order valence-corrected chi connectivity index (χ2v) is 4.62. The Bertz CT molecular complexity index is 230. The molecule has 0 saturated heterocycles. The molecule has 1 atom stereocenters. The van der Waals surface area contributed by atoms with Crippen LogP contribution in [-0.2, 0) is 19.5 Å². The zero-order chi connectivity index (χ0) is 11.0. The van der Waals surface area contributed by atoms with Crippen molar-refractivity contribution in [3.05, 3.63) is 0 Å². The Balaban J connectivity index is 3.52. The van der Waals surface area contributed by atoms with E-state index in [1.165, 1.54) is 0 Å². The minimum atomic E-state index is -3.38. The highest BCUT2D eigenvalue weighted by Crippen LogP contribution is 1.88. The van der Waals surface area contributed by atoms with Crippen molar-refractivity contribution in [3.8, 4) is 0 Å². The Kier molecular flexibility index (Phi) is 7.02. The maximum atomic E-state index is 10.6. The second kappa shape index (κ2) is 7.13. The molecule has 0 aliphatic carbocycles. The number of nitrogens with two attached hydrogens (primary N) is 1. The number of hydrogen-bond acceptors (Lipinski definition) is 5. The summed E-state index contributed by atoms with van der Waals surface area (Å²) in [6.07, 6.45) is -0.0690. The summed E-state index contributed by atoms with van der Waals surface area (Å²) in [6.45, 7) is 1.33. The average Bonchev–Trinajstić information content (AvgIpc) is 2.08. The zero-order valence-electron chi connectivity index (χ0n) is 8.52. The fourth-order valence-corrected chi connectivity index (χ4v) is 1.30. The molecule has 1 unspecified atom stereocenters. The van der Waals surface area contributed by atoms with Crippen LogP contribution in [0.3, 0.4) is 0 Å². The minimum absolute atomic E-state index is 0.0690. The van der Waals surface area contributed by atoms with Crippen molar-refractivity contribution >= 4 is 10.0 Å². The molecule has 0 radical (unpaired) electrons. The Morgan fingerprint density at radius 3 is 2.50 bits per heavy atom. The molecule has 0 spiro atoms. The first-order chi connectivity index (χ1) is 6.49. The van der Waals surface area contributed by atoms with Crippen molar-refractivity contribution < 1.29 is 17.9 Å². The molecule has 0 fully saturated rings. The Labute approximate surface area is 84.8 Å². The van der Waals surface area contributed by atoms with Gasteiger partial charge in [-0.25, -0.2) is 13.6 Å². The Morgan fingerprint density at radius 2 is 2.07 bits per heavy atom. The van der Waals surface area contributed by atoms with E-state index in [9.17, 15) is 8.42 Å². The predicted molar refractivity (Wildman–Crippen MR) is 53.5 cm³/mol. The molecule has 0 aliphatic heterocycles. The van der Waals surface area contributed by atoms with Gasteiger partial charge in [-0.3, -0.25) is 0 Å². The first kappa shape index (κ1) is 13.8. The monoisotopic (exact) mass is 226 g/mol. The SMILES string of the molecule is COCC(CNCCS(N)(=O)=O)OC. The first-order valence-corrected chi connectivity index (χ1v) is 5.94. The molecule has 0 aromatic heterocycles. The van der Waals surface area contributed by atoms with Crippen molar-refractivity contribution in [1.29, 1.82) is 0 Å². The number of sulfonamides is 1. The summed E-state index contributed by atoms with van der Waals surface area (Å²) in [7, 11) is -0.221. The van der Waals surface area contributed by atoms with E-state index in [4.69, 9.17) is 14.6 Å². The third-order valence-corrected chi connectivity index (χ3v) is 2.39. The Hall–Kier alpha value is -0.210. The van der Waals surface area contributed by atoms with Crippen molar-refractivity contribution in [2.45, 2.75) is 6.10 Å². The maximum absolute atomic E-state index is 10.6. The predicted octanol–water partition coefficient (Wildman–Crippen LogP) is -1.47. The summed E-state index contributed by atoms with van der Waals surface area (Å²) in [5.41, 5.74) is 0. The number of nitrogens with one attached hydrogen (secondary N) is 1. The van der Waals surface area contributed by atoms with E-state index in [0.717, 1.165) is 0 Å². The van der Waals surface area contributed by atoms with Gasteiger partial charge in [-0.15, -0.1) is 0 Å². The number of ether oxygens (including phenoxy) is 2. The van der Waals surface area contributed by atoms with Crippen LogP contribution in [-0.4, -0.2) is 54.2 Å². The van der Waals surface area contributed by atoms with Crippen LogP contribution in [0.2, 0.25) is 0 Å². The van der Waals surface area contributed by atoms with Crippen LogP contribution in [0.25, 0.3) is 0 Å². The molecule has 0 heterocycles. The van der Waals surface area contributed by atoms with Gasteiger partial charge >= 0.3 is 0 Å². The lowest BCUT2D eigenvalue weighted by Gasteiger charge is -2.14. The van der Waals surface area contributed by atoms with E-state index < -0.39 is 10.0 Å². The van der Waals surface area contributed by atoms with Crippen LogP contribution < -0.4 is 10.5 Å². The molecule has 0 rings (SSSR count). The summed E-state index contributed by atoms with van der Waals surface area (Å²) in [4.78, 5) is 0. The molecule has 6 nitrogen and oxygen atoms in total. The summed E-state index contributed by atoms with van der Waals surface area (Å²) < 4.78 is 31.0. The normalized spacial score (nSPS) is 14.2. The highest BCUT2D eigenvalue weighted by molar-refractivity contribution is 7.89. The standard InChI is InChI=1S/C7H18N2O4S/c1-12-6-7(13-2)5-9-3-4-14(8,10)11/h7,9H,3-6H2,1-2H3,(H2,8,10,11). The van der Waals surface area contributed by atoms with Crippen LogP contribution in [0.5, 0.6) is 0 Å². The largest absolute Gasteiger partial charge is 0.382 e. The van der Waals surface area contributed by atoms with Crippen LogP contribution in [0.4, 0.5) is 0 Å². The number of rotatable bonds is 8. The van der Waals surface area contributed by atoms with E-state index in [2.05, 4.69) is 5.32 Å². The molecule has 86 valence electrons. The second-order valence-electron chi connectivity index (χ2n) is 2.88. The molecule has 0 aliphatic rings. The first-order valence-electron chi connectivity index (χ1n) is 4.22. The van der Waals surface area contributed by atoms with Gasteiger partial charge in [-0.05, 0) is 0 Å². The van der Waals surface area contributed by atoms with Gasteiger partial charge in [0, 0.05) is 27.3 Å². The lowest BCUT2D eigenvalue weighted by atomic mass is 10.4. The summed E-state index contributed by atoms with van der Waals surface area (Å²) in [6, 6.07) is 0. The summed E-state index contributed by atoms with van der Waals surface area (Å²) >= 11 is 0. The Morgan fingerprint density at radius 1 is 1.43 bits per heavy atom. The van der Waals surface area contributed by atoms with E-state index in [1.54, 1.807) is 14.2 Å². The van der Waals surface area contributed by atoms with Gasteiger partial charge in [0.15, 0.2) is 0 Å². The van der Waals surface area contributed by atoms with E-state index in [1.807, 2.05) is 0 Å². The molecule has 0 aromatic rings. The number of hydrogen-bond donors (Lipinski definition) is 2. The smallest absolute Gasteiger partial charge is 0.210 e. The molecular formula is C7H18N2O4S. The van der Waals surface area contributed by atoms with Gasteiger partial charge in [0.1, 0.15) is 0 Å². The van der Waals surface area contributed by atoms with E-state index >= 15 is 0 Å². The van der Waals surface area contributed by atoms with Gasteiger partial charge in [0.25, 0.3) is 0 Å². The van der Waals surface area contributed by atoms with Gasteiger partial charge in [-0.2, -0.15) is 0 Å². The molecule has 0 aromatic carbocycles. The van der Waals surface area contributed by atoms with Crippen LogP contribution >= 0.6 is 0 Å². The van der Waals surface area contributed by atoms with Gasteiger partial charge in [0.2, 0.25) is 10.0 Å². The van der Waals surface area contributed by atoms with Crippen molar-refractivity contribution in [3.63, 3.8) is 0 Å². The van der Waals surface area contributed by atoms with Crippen LogP contribution in [0, 0.1) is 0 Å². The van der Waals surface area contributed by atoms with Gasteiger partial charge in [-0.1, -0.05) is 0 Å². The fraction of sp³-hybridized carbons (Fsp3) is 1.00. The molecule has 3 N–H and O–H groups in total. The maximum Gasteiger partial charge on any atom is 0.210 e. The lowest BCUT2D eigenvalue weighted by molar-refractivity contribution is 0.0293. The van der Waals surface area contributed by atoms with Crippen molar-refractivity contribution in [1.82, 2.24) is 5.32 Å². The van der Waals surface area contributed by atoms with E-state index in [0.29, 0.717) is 19.7 Å². The molecule has 0 amide bonds. The quantitative estimate of drug-likeness (QED) is 0.493. The van der Waals surface area contributed by atoms with E-state index in [-0.39, 0.29) is 11.9 Å².